The highest BCUT2D eigenvalue weighted by molar-refractivity contribution is 5.38. The molecule has 1 aromatic carbocycles. The van der Waals surface area contributed by atoms with Crippen LogP contribution in [0, 0.1) is 6.92 Å². The molecule has 0 unspecified atom stereocenters. The molecule has 15 heavy (non-hydrogen) atoms. The Bertz CT molecular complexity index is 361. The van der Waals surface area contributed by atoms with E-state index in [1.165, 1.54) is 37.8 Å². The van der Waals surface area contributed by atoms with E-state index in [-0.39, 0.29) is 0 Å². The summed E-state index contributed by atoms with van der Waals surface area (Å²) in [6.45, 7) is 3.44. The van der Waals surface area contributed by atoms with Gasteiger partial charge in [-0.15, -0.1) is 0 Å². The zero-order valence-electron chi connectivity index (χ0n) is 9.42. The maximum atomic E-state index is 3.69. The molecule has 1 heteroatoms. The normalized spacial score (nSPS) is 22.7. The number of benzene rings is 1. The van der Waals surface area contributed by atoms with Crippen molar-refractivity contribution in [3.05, 3.63) is 35.4 Å². The van der Waals surface area contributed by atoms with Crippen molar-refractivity contribution in [2.75, 3.05) is 6.54 Å². The van der Waals surface area contributed by atoms with Crippen molar-refractivity contribution in [2.45, 2.75) is 44.1 Å². The second kappa shape index (κ2) is 3.34. The van der Waals surface area contributed by atoms with E-state index < -0.39 is 0 Å². The van der Waals surface area contributed by atoms with E-state index in [4.69, 9.17) is 0 Å². The molecule has 0 spiro atoms. The number of rotatable bonds is 4. The molecule has 1 aromatic rings. The molecule has 2 aliphatic rings. The highest BCUT2D eigenvalue weighted by atomic mass is 15.0. The Labute approximate surface area is 91.9 Å². The SMILES string of the molecule is Cc1ccccc1C1(CNC2CC2)CC1. The molecule has 0 aromatic heterocycles. The van der Waals surface area contributed by atoms with Gasteiger partial charge in [-0.1, -0.05) is 24.3 Å². The standard InChI is InChI=1S/C14H19N/c1-11-4-2-3-5-13(11)14(8-9-14)10-15-12-6-7-12/h2-5,12,15H,6-10H2,1H3. The molecule has 2 fully saturated rings. The second-order valence-corrected chi connectivity index (χ2v) is 5.25. The summed E-state index contributed by atoms with van der Waals surface area (Å²) in [5, 5.41) is 3.69. The minimum absolute atomic E-state index is 0.494. The average Bonchev–Trinajstić information content (AvgIpc) is 3.12. The highest BCUT2D eigenvalue weighted by Gasteiger charge is 2.45. The first kappa shape index (κ1) is 9.41. The third-order valence-electron chi connectivity index (χ3n) is 3.88. The topological polar surface area (TPSA) is 12.0 Å². The van der Waals surface area contributed by atoms with Crippen molar-refractivity contribution in [2.24, 2.45) is 0 Å². The van der Waals surface area contributed by atoms with Crippen LogP contribution in [0.2, 0.25) is 0 Å². The van der Waals surface area contributed by atoms with Gasteiger partial charge in [0, 0.05) is 18.0 Å². The summed E-state index contributed by atoms with van der Waals surface area (Å²) in [7, 11) is 0. The minimum atomic E-state index is 0.494. The Morgan fingerprint density at radius 1 is 1.27 bits per heavy atom. The molecule has 0 radical (unpaired) electrons. The number of aryl methyl sites for hydroxylation is 1. The Morgan fingerprint density at radius 3 is 2.60 bits per heavy atom. The van der Waals surface area contributed by atoms with E-state index in [0.717, 1.165) is 6.04 Å². The lowest BCUT2D eigenvalue weighted by atomic mass is 9.92. The third-order valence-corrected chi connectivity index (χ3v) is 3.88. The molecule has 0 bridgehead atoms. The molecule has 0 amide bonds. The quantitative estimate of drug-likeness (QED) is 0.790. The molecule has 1 N–H and O–H groups in total. The van der Waals surface area contributed by atoms with Gasteiger partial charge in [0.25, 0.3) is 0 Å². The zero-order valence-corrected chi connectivity index (χ0v) is 9.42. The monoisotopic (exact) mass is 201 g/mol. The summed E-state index contributed by atoms with van der Waals surface area (Å²) < 4.78 is 0. The van der Waals surface area contributed by atoms with Crippen LogP contribution in [0.1, 0.15) is 36.8 Å². The molecule has 0 aliphatic heterocycles. The van der Waals surface area contributed by atoms with E-state index in [2.05, 4.69) is 36.5 Å². The van der Waals surface area contributed by atoms with Gasteiger partial charge in [-0.25, -0.2) is 0 Å². The lowest BCUT2D eigenvalue weighted by molar-refractivity contribution is 0.569. The van der Waals surface area contributed by atoms with Gasteiger partial charge in [0.05, 0.1) is 0 Å². The Hall–Kier alpha value is -0.820. The van der Waals surface area contributed by atoms with Gasteiger partial charge >= 0.3 is 0 Å². The van der Waals surface area contributed by atoms with Crippen LogP contribution in [0.5, 0.6) is 0 Å². The fourth-order valence-corrected chi connectivity index (χ4v) is 2.49. The third kappa shape index (κ3) is 1.81. The van der Waals surface area contributed by atoms with Gasteiger partial charge in [0.15, 0.2) is 0 Å². The highest BCUT2D eigenvalue weighted by Crippen LogP contribution is 2.49. The first-order valence-electron chi connectivity index (χ1n) is 6.10. The predicted molar refractivity (Wildman–Crippen MR) is 63.1 cm³/mol. The van der Waals surface area contributed by atoms with Gasteiger partial charge in [0.2, 0.25) is 0 Å². The largest absolute Gasteiger partial charge is 0.313 e. The van der Waals surface area contributed by atoms with Gasteiger partial charge in [-0.3, -0.25) is 0 Å². The predicted octanol–water partition coefficient (Wildman–Crippen LogP) is 2.78. The maximum Gasteiger partial charge on any atom is 0.00811 e. The van der Waals surface area contributed by atoms with Crippen LogP contribution in [0.3, 0.4) is 0 Å². The van der Waals surface area contributed by atoms with Crippen LogP contribution < -0.4 is 5.32 Å². The Kier molecular flexibility index (Phi) is 2.10. The van der Waals surface area contributed by atoms with Gasteiger partial charge in [0.1, 0.15) is 0 Å². The fourth-order valence-electron chi connectivity index (χ4n) is 2.49. The summed E-state index contributed by atoms with van der Waals surface area (Å²) in [5.74, 6) is 0. The summed E-state index contributed by atoms with van der Waals surface area (Å²) in [6, 6.07) is 9.72. The van der Waals surface area contributed by atoms with Gasteiger partial charge in [-0.05, 0) is 43.7 Å². The fraction of sp³-hybridized carbons (Fsp3) is 0.571. The van der Waals surface area contributed by atoms with Crippen LogP contribution in [-0.2, 0) is 5.41 Å². The molecule has 2 aliphatic carbocycles. The summed E-state index contributed by atoms with van der Waals surface area (Å²) in [4.78, 5) is 0. The molecule has 80 valence electrons. The van der Waals surface area contributed by atoms with Crippen molar-refractivity contribution < 1.29 is 0 Å². The van der Waals surface area contributed by atoms with E-state index >= 15 is 0 Å². The van der Waals surface area contributed by atoms with E-state index in [1.54, 1.807) is 5.56 Å². The lowest BCUT2D eigenvalue weighted by Crippen LogP contribution is -2.29. The summed E-state index contributed by atoms with van der Waals surface area (Å²) >= 11 is 0. The molecule has 1 nitrogen and oxygen atoms in total. The van der Waals surface area contributed by atoms with Crippen LogP contribution in [0.15, 0.2) is 24.3 Å². The summed E-state index contributed by atoms with van der Waals surface area (Å²) in [6.07, 6.45) is 5.53. The second-order valence-electron chi connectivity index (χ2n) is 5.25. The smallest absolute Gasteiger partial charge is 0.00811 e. The van der Waals surface area contributed by atoms with E-state index in [1.807, 2.05) is 0 Å². The van der Waals surface area contributed by atoms with Crippen molar-refractivity contribution in [1.29, 1.82) is 0 Å². The van der Waals surface area contributed by atoms with E-state index in [9.17, 15) is 0 Å². The molecule has 0 saturated heterocycles. The Morgan fingerprint density at radius 2 is 2.00 bits per heavy atom. The maximum absolute atomic E-state index is 3.69. The van der Waals surface area contributed by atoms with Crippen molar-refractivity contribution in [3.8, 4) is 0 Å². The number of hydrogen-bond donors (Lipinski definition) is 1. The van der Waals surface area contributed by atoms with Crippen molar-refractivity contribution >= 4 is 0 Å². The zero-order chi connectivity index (χ0) is 10.3. The minimum Gasteiger partial charge on any atom is -0.313 e. The number of nitrogens with one attached hydrogen (secondary N) is 1. The Balaban J connectivity index is 1.76. The number of hydrogen-bond acceptors (Lipinski definition) is 1. The van der Waals surface area contributed by atoms with Crippen LogP contribution in [0.25, 0.3) is 0 Å². The first-order valence-corrected chi connectivity index (χ1v) is 6.10. The first-order chi connectivity index (χ1) is 7.30. The molecule has 0 heterocycles. The summed E-state index contributed by atoms with van der Waals surface area (Å²) in [5.41, 5.74) is 3.54. The van der Waals surface area contributed by atoms with Crippen LogP contribution >= 0.6 is 0 Å². The van der Waals surface area contributed by atoms with Gasteiger partial charge in [-0.2, -0.15) is 0 Å². The lowest BCUT2D eigenvalue weighted by Gasteiger charge is -2.18. The molecule has 3 rings (SSSR count). The molecular formula is C14H19N. The molecule has 2 saturated carbocycles. The molecular weight excluding hydrogens is 182 g/mol. The van der Waals surface area contributed by atoms with Crippen LogP contribution in [0.4, 0.5) is 0 Å². The van der Waals surface area contributed by atoms with Crippen LogP contribution in [-0.4, -0.2) is 12.6 Å². The van der Waals surface area contributed by atoms with Crippen molar-refractivity contribution in [1.82, 2.24) is 5.32 Å². The molecule has 0 atom stereocenters. The van der Waals surface area contributed by atoms with Crippen molar-refractivity contribution in [3.63, 3.8) is 0 Å². The van der Waals surface area contributed by atoms with Gasteiger partial charge < -0.3 is 5.32 Å². The average molecular weight is 201 g/mol. The van der Waals surface area contributed by atoms with E-state index in [0.29, 0.717) is 5.41 Å².